The predicted molar refractivity (Wildman–Crippen MR) is 144 cm³/mol. The lowest BCUT2D eigenvalue weighted by molar-refractivity contribution is 0.0830. The van der Waals surface area contributed by atoms with Gasteiger partial charge in [-0.3, -0.25) is 0 Å². The second-order valence-electron chi connectivity index (χ2n) is 9.56. The highest BCUT2D eigenvalue weighted by atomic mass is 32.2. The van der Waals surface area contributed by atoms with Crippen molar-refractivity contribution in [2.24, 2.45) is 5.92 Å². The van der Waals surface area contributed by atoms with Crippen molar-refractivity contribution in [3.05, 3.63) is 78.6 Å². The second kappa shape index (κ2) is 11.5. The molecule has 0 aliphatic carbocycles. The Morgan fingerprint density at radius 1 is 1.13 bits per heavy atom. The molecule has 8 nitrogen and oxygen atoms in total. The second-order valence-corrected chi connectivity index (χ2v) is 11.4. The molecule has 0 aromatic heterocycles. The van der Waals surface area contributed by atoms with Gasteiger partial charge < -0.3 is 20.1 Å². The fraction of sp³-hybridized carbons (Fsp3) is 0.321. The summed E-state index contributed by atoms with van der Waals surface area (Å²) in [6, 6.07) is 19.1. The van der Waals surface area contributed by atoms with Gasteiger partial charge in [0.1, 0.15) is 22.6 Å². The van der Waals surface area contributed by atoms with E-state index in [-0.39, 0.29) is 41.9 Å². The molecule has 0 fully saturated rings. The molecule has 0 bridgehead atoms. The first-order chi connectivity index (χ1) is 18.1. The van der Waals surface area contributed by atoms with Gasteiger partial charge in [0.25, 0.3) is 0 Å². The van der Waals surface area contributed by atoms with Gasteiger partial charge in [-0.15, -0.1) is 0 Å². The molecule has 0 unspecified atom stereocenters. The van der Waals surface area contributed by atoms with Crippen molar-refractivity contribution in [1.29, 1.82) is 0 Å². The third-order valence-electron chi connectivity index (χ3n) is 6.69. The standard InChI is InChI=1S/C28H32FN3O5S/c1-19-16-32(20(2)18-33)38(35,36)27-14-13-22(21-9-5-4-6-10-21)15-25(27)37-26(19)17-31(3)28(34)30-24-12-8-7-11-23(24)29/h4-15,19-20,26,33H,16-18H2,1-3H3,(H,30,34)/t19-,20-,26+/m1/s1. The van der Waals surface area contributed by atoms with Crippen molar-refractivity contribution < 1.29 is 27.4 Å². The third-order valence-corrected chi connectivity index (χ3v) is 8.71. The number of aliphatic hydroxyl groups excluding tert-OH is 1. The number of amides is 2. The molecule has 0 spiro atoms. The minimum absolute atomic E-state index is 0.00663. The van der Waals surface area contributed by atoms with E-state index in [9.17, 15) is 22.7 Å². The van der Waals surface area contributed by atoms with Crippen LogP contribution in [-0.4, -0.2) is 67.7 Å². The van der Waals surface area contributed by atoms with Gasteiger partial charge in [-0.25, -0.2) is 17.6 Å². The van der Waals surface area contributed by atoms with Crippen molar-refractivity contribution >= 4 is 21.7 Å². The first kappa shape index (κ1) is 27.6. The molecule has 4 rings (SSSR count). The van der Waals surface area contributed by atoms with Gasteiger partial charge in [-0.2, -0.15) is 4.31 Å². The number of hydrogen-bond acceptors (Lipinski definition) is 5. The third kappa shape index (κ3) is 5.82. The fourth-order valence-electron chi connectivity index (χ4n) is 4.38. The molecular weight excluding hydrogens is 509 g/mol. The molecule has 0 saturated heterocycles. The molecule has 10 heteroatoms. The van der Waals surface area contributed by atoms with Crippen molar-refractivity contribution in [3.63, 3.8) is 0 Å². The van der Waals surface area contributed by atoms with Crippen LogP contribution < -0.4 is 10.1 Å². The van der Waals surface area contributed by atoms with Crippen LogP contribution in [0.5, 0.6) is 5.75 Å². The average molecular weight is 542 g/mol. The topological polar surface area (TPSA) is 99.2 Å². The Labute approximate surface area is 222 Å². The van der Waals surface area contributed by atoms with Crippen molar-refractivity contribution in [3.8, 4) is 16.9 Å². The van der Waals surface area contributed by atoms with E-state index in [0.29, 0.717) is 0 Å². The van der Waals surface area contributed by atoms with E-state index in [1.807, 2.05) is 37.3 Å². The maximum Gasteiger partial charge on any atom is 0.321 e. The minimum Gasteiger partial charge on any atom is -0.487 e. The van der Waals surface area contributed by atoms with Gasteiger partial charge in [0.2, 0.25) is 10.0 Å². The number of rotatable bonds is 6. The van der Waals surface area contributed by atoms with E-state index < -0.39 is 34.0 Å². The summed E-state index contributed by atoms with van der Waals surface area (Å²) in [6.45, 7) is 3.33. The van der Waals surface area contributed by atoms with E-state index in [0.717, 1.165) is 11.1 Å². The number of benzene rings is 3. The summed E-state index contributed by atoms with van der Waals surface area (Å²) in [5.74, 6) is -0.733. The van der Waals surface area contributed by atoms with Gasteiger partial charge in [0.05, 0.1) is 18.8 Å². The zero-order valence-corrected chi connectivity index (χ0v) is 22.4. The number of para-hydroxylation sites is 1. The number of anilines is 1. The first-order valence-electron chi connectivity index (χ1n) is 12.4. The molecule has 3 atom stereocenters. The number of nitrogens with one attached hydrogen (secondary N) is 1. The van der Waals surface area contributed by atoms with E-state index >= 15 is 0 Å². The summed E-state index contributed by atoms with van der Waals surface area (Å²) in [5, 5.41) is 12.4. The van der Waals surface area contributed by atoms with E-state index in [1.54, 1.807) is 32.2 Å². The summed E-state index contributed by atoms with van der Waals surface area (Å²) < 4.78 is 49.0. The first-order valence-corrected chi connectivity index (χ1v) is 13.8. The highest BCUT2D eigenvalue weighted by Crippen LogP contribution is 2.36. The van der Waals surface area contributed by atoms with Gasteiger partial charge in [-0.1, -0.05) is 55.5 Å². The molecule has 38 heavy (non-hydrogen) atoms. The Balaban J connectivity index is 1.69. The van der Waals surface area contributed by atoms with Crippen LogP contribution in [0.4, 0.5) is 14.9 Å². The highest BCUT2D eigenvalue weighted by molar-refractivity contribution is 7.89. The Bertz CT molecular complexity index is 1390. The summed E-state index contributed by atoms with van der Waals surface area (Å²) in [7, 11) is -2.42. The minimum atomic E-state index is -3.99. The number of halogens is 1. The van der Waals surface area contributed by atoms with Crippen LogP contribution in [-0.2, 0) is 10.0 Å². The fourth-order valence-corrected chi connectivity index (χ4v) is 6.21. The molecular formula is C28H32FN3O5S. The molecule has 2 amide bonds. The number of nitrogens with zero attached hydrogens (tertiary/aromatic N) is 2. The monoisotopic (exact) mass is 541 g/mol. The predicted octanol–water partition coefficient (Wildman–Crippen LogP) is 4.43. The van der Waals surface area contributed by atoms with Crippen LogP contribution in [0.25, 0.3) is 11.1 Å². The largest absolute Gasteiger partial charge is 0.487 e. The van der Waals surface area contributed by atoms with Crippen LogP contribution >= 0.6 is 0 Å². The van der Waals surface area contributed by atoms with Crippen LogP contribution in [0.15, 0.2) is 77.7 Å². The Kier molecular flexibility index (Phi) is 8.35. The SMILES string of the molecule is C[C@@H]1CN([C@H](C)CO)S(=O)(=O)c2ccc(-c3ccccc3)cc2O[C@H]1CN(C)C(=O)Nc1ccccc1F. The van der Waals surface area contributed by atoms with Gasteiger partial charge in [0, 0.05) is 25.6 Å². The van der Waals surface area contributed by atoms with Gasteiger partial charge >= 0.3 is 6.03 Å². The lowest BCUT2D eigenvalue weighted by Crippen LogP contribution is -2.50. The molecule has 2 N–H and O–H groups in total. The Hall–Kier alpha value is -3.47. The number of sulfonamides is 1. The Morgan fingerprint density at radius 2 is 1.82 bits per heavy atom. The molecule has 202 valence electrons. The van der Waals surface area contributed by atoms with Crippen molar-refractivity contribution in [2.45, 2.75) is 30.9 Å². The highest BCUT2D eigenvalue weighted by Gasteiger charge is 2.38. The summed E-state index contributed by atoms with van der Waals surface area (Å²) >= 11 is 0. The van der Waals surface area contributed by atoms with Crippen LogP contribution in [0.1, 0.15) is 13.8 Å². The number of carbonyl (C=O) groups is 1. The normalized spacial score (nSPS) is 19.8. The van der Waals surface area contributed by atoms with Gasteiger partial charge in [-0.05, 0) is 42.3 Å². The molecule has 3 aromatic rings. The molecule has 1 aliphatic heterocycles. The van der Waals surface area contributed by atoms with Crippen LogP contribution in [0.3, 0.4) is 0 Å². The number of likely N-dealkylation sites (N-methyl/N-ethyl adjacent to an activating group) is 1. The number of urea groups is 1. The van der Waals surface area contributed by atoms with Crippen LogP contribution in [0.2, 0.25) is 0 Å². The quantitative estimate of drug-likeness (QED) is 0.481. The molecule has 3 aromatic carbocycles. The molecule has 1 aliphatic rings. The molecule has 1 heterocycles. The number of carbonyl (C=O) groups excluding carboxylic acids is 1. The van der Waals surface area contributed by atoms with Crippen molar-refractivity contribution in [1.82, 2.24) is 9.21 Å². The number of ether oxygens (including phenoxy) is 1. The number of fused-ring (bicyclic) bond motifs is 1. The maximum atomic E-state index is 14.1. The zero-order chi connectivity index (χ0) is 27.4. The zero-order valence-electron chi connectivity index (χ0n) is 21.5. The van der Waals surface area contributed by atoms with E-state index in [4.69, 9.17) is 4.74 Å². The lowest BCUT2D eigenvalue weighted by Gasteiger charge is -2.37. The lowest BCUT2D eigenvalue weighted by atomic mass is 10.0. The summed E-state index contributed by atoms with van der Waals surface area (Å²) in [5.41, 5.74) is 1.73. The van der Waals surface area contributed by atoms with Crippen molar-refractivity contribution in [2.75, 3.05) is 32.1 Å². The molecule has 0 radical (unpaired) electrons. The van der Waals surface area contributed by atoms with Crippen LogP contribution in [0, 0.1) is 11.7 Å². The Morgan fingerprint density at radius 3 is 2.50 bits per heavy atom. The smallest absolute Gasteiger partial charge is 0.321 e. The average Bonchev–Trinajstić information content (AvgIpc) is 2.91. The number of aliphatic hydroxyl groups is 1. The van der Waals surface area contributed by atoms with E-state index in [1.165, 1.54) is 33.5 Å². The molecule has 0 saturated carbocycles. The maximum absolute atomic E-state index is 14.1. The van der Waals surface area contributed by atoms with Gasteiger partial charge in [0.15, 0.2) is 0 Å². The van der Waals surface area contributed by atoms with E-state index in [2.05, 4.69) is 5.32 Å². The summed E-state index contributed by atoms with van der Waals surface area (Å²) in [6.07, 6.45) is -0.597. The summed E-state index contributed by atoms with van der Waals surface area (Å²) in [4.78, 5) is 14.2. The number of hydrogen-bond donors (Lipinski definition) is 2.